The molecule has 0 amide bonds. The van der Waals surface area contributed by atoms with Crippen LogP contribution in [0.5, 0.6) is 0 Å². The molecule has 2 aromatic heterocycles. The Labute approximate surface area is 306 Å². The third-order valence-corrected chi connectivity index (χ3v) is 7.86. The van der Waals surface area contributed by atoms with Crippen LogP contribution < -0.4 is 0 Å². The molecule has 0 aliphatic heterocycles. The molecular weight excluding hydrogens is 599 g/mol. The molecule has 0 saturated heterocycles. The minimum absolute atomic E-state index is 0.0153. The van der Waals surface area contributed by atoms with E-state index in [1.54, 1.807) is 36.4 Å². The van der Waals surface area contributed by atoms with Crippen molar-refractivity contribution in [1.82, 2.24) is 15.0 Å². The van der Waals surface area contributed by atoms with Crippen LogP contribution in [0.1, 0.15) is 21.9 Å². The van der Waals surface area contributed by atoms with Gasteiger partial charge in [0.2, 0.25) is 0 Å². The van der Waals surface area contributed by atoms with Gasteiger partial charge in [-0.25, -0.2) is 15.0 Å². The SMILES string of the molecule is [2H]c1c([2H])c([2H])c(-c2ccc(-c3nc(-c4ccc(-c5ccccc5)cc4)nc(-c4c([2H])c([2H])c5c(oc6c([2H])c([2H])c([2H])c(-c7c([2H])c([2H])c([2H])c([2H])c7[2H])c65)c4[2H])n3)cc2)c([2H])c1[2H]. The highest BCUT2D eigenvalue weighted by atomic mass is 16.3. The van der Waals surface area contributed by atoms with Crippen LogP contribution in [0.15, 0.2) is 180 Å². The standard InChI is InChI=1S/C45H29N3O/c1-4-11-30(12-5-1)32-19-23-35(24-20-32)43-46-44(36-25-21-33(22-26-36)31-13-6-2-7-14-31)48-45(47-43)37-27-28-39-41(29-37)49-40-18-10-17-38(42(39)40)34-15-8-3-9-16-34/h1-29H/i1D,3D,4D,5D,8D,9D,10D,11D,12D,15D,16D,17D,18D,27D,28D,29D. The van der Waals surface area contributed by atoms with E-state index in [0.717, 1.165) is 11.1 Å². The molecule has 0 saturated carbocycles. The summed E-state index contributed by atoms with van der Waals surface area (Å²) in [5.41, 5.74) is 1.08. The summed E-state index contributed by atoms with van der Waals surface area (Å²) in [4.78, 5) is 14.1. The number of fused-ring (bicyclic) bond motifs is 3. The molecule has 0 N–H and O–H groups in total. The molecule has 0 fully saturated rings. The first-order valence-corrected chi connectivity index (χ1v) is 15.1. The maximum absolute atomic E-state index is 9.48. The Morgan fingerprint density at radius 1 is 0.388 bits per heavy atom. The molecule has 7 aromatic carbocycles. The second-order valence-corrected chi connectivity index (χ2v) is 10.8. The Morgan fingerprint density at radius 2 is 0.918 bits per heavy atom. The van der Waals surface area contributed by atoms with E-state index in [-0.39, 0.29) is 57.0 Å². The second kappa shape index (κ2) is 12.2. The van der Waals surface area contributed by atoms with Crippen LogP contribution in [0.4, 0.5) is 0 Å². The molecule has 9 rings (SSSR count). The third kappa shape index (κ3) is 5.45. The molecule has 0 aliphatic rings. The van der Waals surface area contributed by atoms with Gasteiger partial charge in [0.1, 0.15) is 11.2 Å². The second-order valence-electron chi connectivity index (χ2n) is 10.8. The number of benzene rings is 7. The van der Waals surface area contributed by atoms with Crippen LogP contribution in [0.2, 0.25) is 0 Å². The van der Waals surface area contributed by atoms with Crippen LogP contribution >= 0.6 is 0 Å². The summed E-state index contributed by atoms with van der Waals surface area (Å²) in [5.74, 6) is -0.102. The molecule has 0 spiro atoms. The van der Waals surface area contributed by atoms with Gasteiger partial charge < -0.3 is 4.42 Å². The van der Waals surface area contributed by atoms with Crippen molar-refractivity contribution >= 4 is 21.9 Å². The highest BCUT2D eigenvalue weighted by Crippen LogP contribution is 2.38. The van der Waals surface area contributed by atoms with Crippen molar-refractivity contribution in [2.24, 2.45) is 0 Å². The van der Waals surface area contributed by atoms with E-state index in [9.17, 15) is 4.11 Å². The van der Waals surface area contributed by atoms with Gasteiger partial charge in [-0.3, -0.25) is 0 Å². The molecule has 4 nitrogen and oxygen atoms in total. The Bertz CT molecular complexity index is 3430. The summed E-state index contributed by atoms with van der Waals surface area (Å²) in [6, 6.07) is 13.6. The van der Waals surface area contributed by atoms with Crippen LogP contribution in [-0.4, -0.2) is 15.0 Å². The van der Waals surface area contributed by atoms with Crippen molar-refractivity contribution in [3.8, 4) is 67.5 Å². The van der Waals surface area contributed by atoms with Gasteiger partial charge in [-0.05, 0) is 51.5 Å². The summed E-state index contributed by atoms with van der Waals surface area (Å²) in [6.45, 7) is 0. The van der Waals surface area contributed by atoms with Crippen LogP contribution in [-0.2, 0) is 0 Å². The van der Waals surface area contributed by atoms with Gasteiger partial charge in [0.05, 0.1) is 21.9 Å². The molecule has 230 valence electrons. The normalized spacial score (nSPS) is 15.8. The molecule has 0 atom stereocenters. The fourth-order valence-corrected chi connectivity index (χ4v) is 5.49. The Hall–Kier alpha value is -6.65. The highest BCUT2D eigenvalue weighted by molar-refractivity contribution is 6.13. The number of rotatable bonds is 6. The fourth-order valence-electron chi connectivity index (χ4n) is 5.49. The molecular formula is C45H29N3O. The smallest absolute Gasteiger partial charge is 0.164 e. The zero-order valence-corrected chi connectivity index (χ0v) is 25.3. The maximum atomic E-state index is 9.48. The van der Waals surface area contributed by atoms with Crippen molar-refractivity contribution in [3.05, 3.63) is 176 Å². The first-order chi connectivity index (χ1) is 30.9. The van der Waals surface area contributed by atoms with E-state index in [2.05, 4.69) is 4.98 Å². The lowest BCUT2D eigenvalue weighted by molar-refractivity contribution is 0.669. The van der Waals surface area contributed by atoms with Crippen LogP contribution in [0, 0.1) is 0 Å². The van der Waals surface area contributed by atoms with Crippen molar-refractivity contribution in [2.45, 2.75) is 0 Å². The third-order valence-electron chi connectivity index (χ3n) is 7.86. The topological polar surface area (TPSA) is 51.8 Å². The average Bonchev–Trinajstić information content (AvgIpc) is 3.73. The molecule has 0 bridgehead atoms. The first-order valence-electron chi connectivity index (χ1n) is 23.1. The monoisotopic (exact) mass is 643 g/mol. The Balaban J connectivity index is 1.28. The minimum atomic E-state index is -0.724. The molecule has 0 unspecified atom stereocenters. The van der Waals surface area contributed by atoms with Gasteiger partial charge in [-0.1, -0.05) is 157 Å². The number of nitrogens with zero attached hydrogens (tertiary/aromatic N) is 3. The average molecular weight is 644 g/mol. The summed E-state index contributed by atoms with van der Waals surface area (Å²) >= 11 is 0. The van der Waals surface area contributed by atoms with Gasteiger partial charge in [0.25, 0.3) is 0 Å². The summed E-state index contributed by atoms with van der Waals surface area (Å²) in [6.07, 6.45) is 0. The van der Waals surface area contributed by atoms with E-state index in [1.165, 1.54) is 0 Å². The van der Waals surface area contributed by atoms with Gasteiger partial charge in [0, 0.05) is 27.5 Å². The molecule has 4 heteroatoms. The largest absolute Gasteiger partial charge is 0.456 e. The van der Waals surface area contributed by atoms with Crippen LogP contribution in [0.25, 0.3) is 89.5 Å². The lowest BCUT2D eigenvalue weighted by atomic mass is 9.99. The molecule has 49 heavy (non-hydrogen) atoms. The zero-order valence-electron chi connectivity index (χ0n) is 41.3. The fraction of sp³-hybridized carbons (Fsp3) is 0. The van der Waals surface area contributed by atoms with E-state index < -0.39 is 101 Å². The number of aromatic nitrogens is 3. The summed E-state index contributed by atoms with van der Waals surface area (Å²) < 4.78 is 144. The maximum Gasteiger partial charge on any atom is 0.164 e. The van der Waals surface area contributed by atoms with Gasteiger partial charge >= 0.3 is 0 Å². The van der Waals surface area contributed by atoms with Crippen molar-refractivity contribution in [1.29, 1.82) is 0 Å². The van der Waals surface area contributed by atoms with Gasteiger partial charge in [-0.2, -0.15) is 0 Å². The van der Waals surface area contributed by atoms with Gasteiger partial charge in [0.15, 0.2) is 17.5 Å². The number of hydrogen-bond donors (Lipinski definition) is 0. The lowest BCUT2D eigenvalue weighted by Gasteiger charge is -2.10. The minimum Gasteiger partial charge on any atom is -0.456 e. The summed E-state index contributed by atoms with van der Waals surface area (Å²) in [5, 5.41) is -0.519. The molecule has 9 aromatic rings. The van der Waals surface area contributed by atoms with E-state index in [1.807, 2.05) is 42.5 Å². The zero-order chi connectivity index (χ0) is 46.5. The predicted octanol–water partition coefficient (Wildman–Crippen LogP) is 11.8. The first kappa shape index (κ1) is 16.4. The van der Waals surface area contributed by atoms with Crippen molar-refractivity contribution in [3.63, 3.8) is 0 Å². The molecule has 0 aliphatic carbocycles. The van der Waals surface area contributed by atoms with E-state index in [4.69, 9.17) is 32.2 Å². The van der Waals surface area contributed by atoms with Crippen molar-refractivity contribution in [2.75, 3.05) is 0 Å². The Morgan fingerprint density at radius 3 is 1.55 bits per heavy atom. The van der Waals surface area contributed by atoms with Gasteiger partial charge in [-0.15, -0.1) is 0 Å². The number of hydrogen-bond acceptors (Lipinski definition) is 4. The quantitative estimate of drug-likeness (QED) is 0.181. The highest BCUT2D eigenvalue weighted by Gasteiger charge is 2.17. The molecule has 2 heterocycles. The van der Waals surface area contributed by atoms with E-state index >= 15 is 0 Å². The van der Waals surface area contributed by atoms with Crippen molar-refractivity contribution < 1.29 is 26.3 Å². The number of furan rings is 1. The van der Waals surface area contributed by atoms with E-state index in [0.29, 0.717) is 16.7 Å². The Kier molecular flexibility index (Phi) is 4.09. The molecule has 0 radical (unpaired) electrons. The van der Waals surface area contributed by atoms with Crippen LogP contribution in [0.3, 0.4) is 0 Å². The summed E-state index contributed by atoms with van der Waals surface area (Å²) in [7, 11) is 0. The predicted molar refractivity (Wildman–Crippen MR) is 200 cm³/mol. The lowest BCUT2D eigenvalue weighted by Crippen LogP contribution is -2.00.